The fourth-order valence-corrected chi connectivity index (χ4v) is 2.01. The Morgan fingerprint density at radius 1 is 1.25 bits per heavy atom. The van der Waals surface area contributed by atoms with Gasteiger partial charge in [-0.2, -0.15) is 5.26 Å². The maximum Gasteiger partial charge on any atom is 0.140 e. The quantitative estimate of drug-likeness (QED) is 0.837. The second-order valence-electron chi connectivity index (χ2n) is 4.55. The molecule has 4 heteroatoms. The first-order valence-electron chi connectivity index (χ1n) is 6.53. The number of hydrogen-bond donors (Lipinski definition) is 0. The molecular weight excluding hydrogens is 253 g/mol. The summed E-state index contributed by atoms with van der Waals surface area (Å²) in [5.74, 6) is -0.468. The first-order chi connectivity index (χ1) is 9.72. The lowest BCUT2D eigenvalue weighted by molar-refractivity contribution is 0.268. The third kappa shape index (κ3) is 3.62. The Labute approximate surface area is 118 Å². The van der Waals surface area contributed by atoms with Gasteiger partial charge in [0.2, 0.25) is 0 Å². The van der Waals surface area contributed by atoms with Crippen molar-refractivity contribution in [2.45, 2.75) is 20.0 Å². The van der Waals surface area contributed by atoms with E-state index in [9.17, 15) is 4.39 Å². The van der Waals surface area contributed by atoms with Gasteiger partial charge in [-0.1, -0.05) is 19.1 Å². The molecule has 2 aromatic rings. The van der Waals surface area contributed by atoms with E-state index in [1.807, 2.05) is 24.3 Å². The lowest BCUT2D eigenvalue weighted by Crippen LogP contribution is -2.22. The zero-order valence-electron chi connectivity index (χ0n) is 11.4. The molecule has 0 aliphatic heterocycles. The van der Waals surface area contributed by atoms with Gasteiger partial charge in [-0.25, -0.2) is 4.39 Å². The lowest BCUT2D eigenvalue weighted by Gasteiger charge is -2.20. The van der Waals surface area contributed by atoms with Crippen LogP contribution in [0, 0.1) is 17.1 Å². The minimum Gasteiger partial charge on any atom is -0.294 e. The van der Waals surface area contributed by atoms with Crippen molar-refractivity contribution >= 4 is 0 Å². The summed E-state index contributed by atoms with van der Waals surface area (Å²) < 4.78 is 13.3. The number of rotatable bonds is 5. The van der Waals surface area contributed by atoms with Crippen LogP contribution in [0.4, 0.5) is 4.39 Å². The van der Waals surface area contributed by atoms with Crippen LogP contribution in [0.25, 0.3) is 0 Å². The van der Waals surface area contributed by atoms with E-state index in [0.717, 1.165) is 24.3 Å². The van der Waals surface area contributed by atoms with Gasteiger partial charge < -0.3 is 0 Å². The topological polar surface area (TPSA) is 39.9 Å². The fraction of sp³-hybridized carbons (Fsp3) is 0.250. The second-order valence-corrected chi connectivity index (χ2v) is 4.55. The molecule has 0 spiro atoms. The third-order valence-electron chi connectivity index (χ3n) is 3.12. The molecule has 3 nitrogen and oxygen atoms in total. The Bertz CT molecular complexity index is 605. The average molecular weight is 269 g/mol. The van der Waals surface area contributed by atoms with E-state index in [1.165, 1.54) is 6.07 Å². The minimum absolute atomic E-state index is 0.0939. The van der Waals surface area contributed by atoms with Crippen molar-refractivity contribution in [3.05, 3.63) is 65.2 Å². The van der Waals surface area contributed by atoms with Gasteiger partial charge in [0, 0.05) is 19.3 Å². The van der Waals surface area contributed by atoms with E-state index in [0.29, 0.717) is 6.54 Å². The van der Waals surface area contributed by atoms with E-state index in [-0.39, 0.29) is 5.56 Å². The maximum absolute atomic E-state index is 13.3. The predicted octanol–water partition coefficient (Wildman–Crippen LogP) is 3.11. The highest BCUT2D eigenvalue weighted by atomic mass is 19.1. The highest BCUT2D eigenvalue weighted by Gasteiger charge is 2.08. The van der Waals surface area contributed by atoms with E-state index in [4.69, 9.17) is 5.26 Å². The molecule has 0 saturated heterocycles. The summed E-state index contributed by atoms with van der Waals surface area (Å²) in [6, 6.07) is 12.4. The summed E-state index contributed by atoms with van der Waals surface area (Å²) in [6.45, 7) is 4.33. The molecule has 20 heavy (non-hydrogen) atoms. The van der Waals surface area contributed by atoms with E-state index in [2.05, 4.69) is 16.8 Å². The zero-order valence-corrected chi connectivity index (χ0v) is 11.4. The largest absolute Gasteiger partial charge is 0.294 e. The summed E-state index contributed by atoms with van der Waals surface area (Å²) >= 11 is 0. The van der Waals surface area contributed by atoms with Crippen molar-refractivity contribution < 1.29 is 4.39 Å². The number of halogens is 1. The van der Waals surface area contributed by atoms with Crippen LogP contribution < -0.4 is 0 Å². The van der Waals surface area contributed by atoms with Crippen molar-refractivity contribution in [2.75, 3.05) is 6.54 Å². The van der Waals surface area contributed by atoms with Crippen LogP contribution in [-0.4, -0.2) is 16.4 Å². The van der Waals surface area contributed by atoms with Crippen molar-refractivity contribution in [1.82, 2.24) is 9.88 Å². The maximum atomic E-state index is 13.3. The molecule has 0 bridgehead atoms. The van der Waals surface area contributed by atoms with Gasteiger partial charge in [0.15, 0.2) is 0 Å². The SMILES string of the molecule is CCN(Cc1ccc(F)c(C#N)c1)Cc1ccccn1. The van der Waals surface area contributed by atoms with Gasteiger partial charge in [-0.3, -0.25) is 9.88 Å². The van der Waals surface area contributed by atoms with Crippen molar-refractivity contribution in [2.24, 2.45) is 0 Å². The number of benzene rings is 1. The summed E-state index contributed by atoms with van der Waals surface area (Å²) in [4.78, 5) is 6.49. The molecule has 0 atom stereocenters. The van der Waals surface area contributed by atoms with Gasteiger partial charge in [0.1, 0.15) is 11.9 Å². The Hall–Kier alpha value is -2.25. The van der Waals surface area contributed by atoms with E-state index in [1.54, 1.807) is 18.3 Å². The van der Waals surface area contributed by atoms with Crippen molar-refractivity contribution in [3.8, 4) is 6.07 Å². The molecule has 1 heterocycles. The zero-order chi connectivity index (χ0) is 14.4. The smallest absolute Gasteiger partial charge is 0.140 e. The average Bonchev–Trinajstić information content (AvgIpc) is 2.49. The van der Waals surface area contributed by atoms with Crippen molar-refractivity contribution in [1.29, 1.82) is 5.26 Å². The molecule has 0 aliphatic carbocycles. The molecule has 2 rings (SSSR count). The van der Waals surface area contributed by atoms with Crippen LogP contribution in [0.5, 0.6) is 0 Å². The number of aromatic nitrogens is 1. The molecule has 102 valence electrons. The Morgan fingerprint density at radius 3 is 2.75 bits per heavy atom. The Balaban J connectivity index is 2.09. The number of hydrogen-bond acceptors (Lipinski definition) is 3. The summed E-state index contributed by atoms with van der Waals surface area (Å²) in [5.41, 5.74) is 2.02. The van der Waals surface area contributed by atoms with Gasteiger partial charge in [0.25, 0.3) is 0 Å². The summed E-state index contributed by atoms with van der Waals surface area (Å²) in [5, 5.41) is 8.86. The summed E-state index contributed by atoms with van der Waals surface area (Å²) in [7, 11) is 0. The second kappa shape index (κ2) is 6.78. The highest BCUT2D eigenvalue weighted by Crippen LogP contribution is 2.13. The van der Waals surface area contributed by atoms with Crippen LogP contribution in [0.3, 0.4) is 0 Å². The Kier molecular flexibility index (Phi) is 4.80. The van der Waals surface area contributed by atoms with Crippen LogP contribution >= 0.6 is 0 Å². The van der Waals surface area contributed by atoms with Gasteiger partial charge >= 0.3 is 0 Å². The lowest BCUT2D eigenvalue weighted by atomic mass is 10.1. The molecule has 0 amide bonds. The molecule has 1 aromatic carbocycles. The van der Waals surface area contributed by atoms with Gasteiger partial charge in [0.05, 0.1) is 11.3 Å². The first-order valence-corrected chi connectivity index (χ1v) is 6.53. The van der Waals surface area contributed by atoms with Crippen LogP contribution in [0.15, 0.2) is 42.6 Å². The normalized spacial score (nSPS) is 10.5. The number of nitriles is 1. The molecule has 0 N–H and O–H groups in total. The molecular formula is C16H16FN3. The van der Waals surface area contributed by atoms with Gasteiger partial charge in [-0.05, 0) is 36.4 Å². The fourth-order valence-electron chi connectivity index (χ4n) is 2.01. The van der Waals surface area contributed by atoms with Crippen molar-refractivity contribution in [3.63, 3.8) is 0 Å². The molecule has 1 aromatic heterocycles. The first kappa shape index (κ1) is 14.2. The molecule has 0 aliphatic rings. The minimum atomic E-state index is -0.468. The van der Waals surface area contributed by atoms with E-state index >= 15 is 0 Å². The molecule has 0 unspecified atom stereocenters. The number of nitrogens with zero attached hydrogens (tertiary/aromatic N) is 3. The van der Waals surface area contributed by atoms with Crippen LogP contribution in [0.2, 0.25) is 0 Å². The Morgan fingerprint density at radius 2 is 2.10 bits per heavy atom. The molecule has 0 radical (unpaired) electrons. The standard InChI is InChI=1S/C16H16FN3/c1-2-20(12-15-5-3-4-8-19-15)11-13-6-7-16(17)14(9-13)10-18/h3-9H,2,11-12H2,1H3. The van der Waals surface area contributed by atoms with E-state index < -0.39 is 5.82 Å². The predicted molar refractivity (Wildman–Crippen MR) is 75.1 cm³/mol. The monoisotopic (exact) mass is 269 g/mol. The number of pyridine rings is 1. The summed E-state index contributed by atoms with van der Waals surface area (Å²) in [6.07, 6.45) is 1.77. The van der Waals surface area contributed by atoms with Gasteiger partial charge in [-0.15, -0.1) is 0 Å². The van der Waals surface area contributed by atoms with Crippen LogP contribution in [-0.2, 0) is 13.1 Å². The molecule has 0 saturated carbocycles. The third-order valence-corrected chi connectivity index (χ3v) is 3.12. The highest BCUT2D eigenvalue weighted by molar-refractivity contribution is 5.34. The molecule has 0 fully saturated rings. The van der Waals surface area contributed by atoms with Crippen LogP contribution in [0.1, 0.15) is 23.7 Å².